The molecule has 21 heavy (non-hydrogen) atoms. The fraction of sp³-hybridized carbons (Fsp3) is 0.571. The Labute approximate surface area is 124 Å². The maximum atomic E-state index is 11.1. The fourth-order valence-corrected chi connectivity index (χ4v) is 2.61. The number of aliphatic hydroxyl groups is 2. The average Bonchev–Trinajstić information content (AvgIpc) is 2.40. The summed E-state index contributed by atoms with van der Waals surface area (Å²) < 4.78 is 15.8. The molecule has 4 N–H and O–H groups in total. The van der Waals surface area contributed by atoms with Gasteiger partial charge in [-0.25, -0.2) is 4.57 Å². The van der Waals surface area contributed by atoms with Crippen LogP contribution in [-0.4, -0.2) is 33.2 Å². The molecule has 0 atom stereocenters. The highest BCUT2D eigenvalue weighted by Crippen LogP contribution is 2.40. The molecule has 0 saturated carbocycles. The molecule has 6 nitrogen and oxygen atoms in total. The van der Waals surface area contributed by atoms with E-state index < -0.39 is 7.82 Å². The molecule has 0 spiro atoms. The van der Waals surface area contributed by atoms with Crippen LogP contribution in [0.2, 0.25) is 0 Å². The largest absolute Gasteiger partial charge is 0.524 e. The maximum absolute atomic E-state index is 11.1. The van der Waals surface area contributed by atoms with Crippen LogP contribution in [0.3, 0.4) is 0 Å². The minimum atomic E-state index is -4.59. The van der Waals surface area contributed by atoms with Crippen molar-refractivity contribution < 1.29 is 29.1 Å². The number of phosphoric acid groups is 1. The molecule has 0 aliphatic carbocycles. The van der Waals surface area contributed by atoms with Crippen LogP contribution in [0.15, 0.2) is 18.2 Å². The van der Waals surface area contributed by atoms with Crippen LogP contribution in [0.25, 0.3) is 0 Å². The van der Waals surface area contributed by atoms with E-state index in [1.165, 1.54) is 0 Å². The zero-order chi connectivity index (χ0) is 15.7. The molecule has 0 aliphatic heterocycles. The minimum Gasteiger partial charge on any atom is -0.404 e. The Balaban J connectivity index is 2.93. The zero-order valence-electron chi connectivity index (χ0n) is 11.9. The van der Waals surface area contributed by atoms with E-state index in [0.717, 1.165) is 17.5 Å². The standard InChI is InChI=1S/C14H23O6P/c15-10-3-1-6-12-7-5-9-14(20-21(17,18)19)13(12)8-2-4-11-16/h5,7,9,15-16H,1-4,6,8,10-11H2,(H2,17,18,19). The Hall–Kier alpha value is -0.910. The molecule has 0 amide bonds. The van der Waals surface area contributed by atoms with Gasteiger partial charge in [-0.3, -0.25) is 9.79 Å². The van der Waals surface area contributed by atoms with Gasteiger partial charge in [0.05, 0.1) is 0 Å². The van der Waals surface area contributed by atoms with Gasteiger partial charge in [0.15, 0.2) is 0 Å². The van der Waals surface area contributed by atoms with E-state index in [0.29, 0.717) is 32.1 Å². The van der Waals surface area contributed by atoms with Crippen molar-refractivity contribution in [2.45, 2.75) is 38.5 Å². The van der Waals surface area contributed by atoms with Gasteiger partial charge in [0.2, 0.25) is 0 Å². The molecule has 0 saturated heterocycles. The monoisotopic (exact) mass is 318 g/mol. The summed E-state index contributed by atoms with van der Waals surface area (Å²) >= 11 is 0. The lowest BCUT2D eigenvalue weighted by Crippen LogP contribution is -2.02. The van der Waals surface area contributed by atoms with Gasteiger partial charge >= 0.3 is 7.82 Å². The van der Waals surface area contributed by atoms with E-state index in [2.05, 4.69) is 0 Å². The van der Waals surface area contributed by atoms with Crippen LogP contribution < -0.4 is 4.52 Å². The smallest absolute Gasteiger partial charge is 0.404 e. The van der Waals surface area contributed by atoms with Crippen molar-refractivity contribution in [3.63, 3.8) is 0 Å². The number of hydrogen-bond donors (Lipinski definition) is 4. The zero-order valence-corrected chi connectivity index (χ0v) is 12.8. The third kappa shape index (κ3) is 7.07. The van der Waals surface area contributed by atoms with E-state index in [9.17, 15) is 4.57 Å². The maximum Gasteiger partial charge on any atom is 0.524 e. The third-order valence-corrected chi connectivity index (χ3v) is 3.57. The second-order valence-electron chi connectivity index (χ2n) is 4.84. The van der Waals surface area contributed by atoms with Gasteiger partial charge < -0.3 is 14.7 Å². The van der Waals surface area contributed by atoms with E-state index in [4.69, 9.17) is 24.5 Å². The van der Waals surface area contributed by atoms with Crippen molar-refractivity contribution in [3.8, 4) is 5.75 Å². The molecule has 0 unspecified atom stereocenters. The average molecular weight is 318 g/mol. The summed E-state index contributed by atoms with van der Waals surface area (Å²) in [7, 11) is -4.59. The molecule has 0 bridgehead atoms. The summed E-state index contributed by atoms with van der Waals surface area (Å²) in [4.78, 5) is 18.0. The first-order chi connectivity index (χ1) is 9.98. The van der Waals surface area contributed by atoms with Crippen molar-refractivity contribution >= 4 is 7.82 Å². The number of aliphatic hydroxyl groups excluding tert-OH is 2. The fourth-order valence-electron chi connectivity index (χ4n) is 2.18. The number of benzene rings is 1. The van der Waals surface area contributed by atoms with Gasteiger partial charge in [-0.1, -0.05) is 12.1 Å². The van der Waals surface area contributed by atoms with Crippen molar-refractivity contribution in [3.05, 3.63) is 29.3 Å². The number of unbranched alkanes of at least 4 members (excludes halogenated alkanes) is 2. The summed E-state index contributed by atoms with van der Waals surface area (Å²) in [5.41, 5.74) is 1.74. The van der Waals surface area contributed by atoms with Crippen LogP contribution >= 0.6 is 7.82 Å². The predicted molar refractivity (Wildman–Crippen MR) is 79.2 cm³/mol. The molecule has 1 aromatic rings. The summed E-state index contributed by atoms with van der Waals surface area (Å²) in [5.74, 6) is 0.197. The summed E-state index contributed by atoms with van der Waals surface area (Å²) in [5, 5.41) is 17.7. The summed E-state index contributed by atoms with van der Waals surface area (Å²) in [6.07, 6.45) is 4.12. The molecule has 0 fully saturated rings. The quantitative estimate of drug-likeness (QED) is 0.387. The van der Waals surface area contributed by atoms with Crippen LogP contribution in [0.1, 0.15) is 36.8 Å². The van der Waals surface area contributed by atoms with Gasteiger partial charge in [0, 0.05) is 13.2 Å². The Bertz CT molecular complexity index is 471. The Morgan fingerprint density at radius 3 is 2.14 bits per heavy atom. The second kappa shape index (κ2) is 9.18. The highest BCUT2D eigenvalue weighted by Gasteiger charge is 2.19. The number of phosphoric ester groups is 1. The lowest BCUT2D eigenvalue weighted by atomic mass is 9.97. The Morgan fingerprint density at radius 1 is 0.952 bits per heavy atom. The molecular formula is C14H23O6P. The SMILES string of the molecule is O=P(O)(O)Oc1cccc(CCCCO)c1CCCCO. The van der Waals surface area contributed by atoms with Gasteiger partial charge in [-0.15, -0.1) is 0 Å². The van der Waals surface area contributed by atoms with Crippen molar-refractivity contribution in [1.82, 2.24) is 0 Å². The molecule has 0 aliphatic rings. The van der Waals surface area contributed by atoms with E-state index in [1.54, 1.807) is 12.1 Å². The first-order valence-corrected chi connectivity index (χ1v) is 8.58. The highest BCUT2D eigenvalue weighted by molar-refractivity contribution is 7.46. The first kappa shape index (κ1) is 18.1. The molecule has 7 heteroatoms. The van der Waals surface area contributed by atoms with Gasteiger partial charge in [-0.2, -0.15) is 0 Å². The molecular weight excluding hydrogens is 295 g/mol. The van der Waals surface area contributed by atoms with Crippen LogP contribution in [0.4, 0.5) is 0 Å². The summed E-state index contributed by atoms with van der Waals surface area (Å²) in [6.45, 7) is 0.208. The van der Waals surface area contributed by atoms with Gasteiger partial charge in [-0.05, 0) is 55.7 Å². The third-order valence-electron chi connectivity index (χ3n) is 3.14. The van der Waals surface area contributed by atoms with Crippen LogP contribution in [0, 0.1) is 0 Å². The molecule has 1 rings (SSSR count). The number of hydrogen-bond acceptors (Lipinski definition) is 4. The summed E-state index contributed by atoms with van der Waals surface area (Å²) in [6, 6.07) is 5.15. The number of aryl methyl sites for hydroxylation is 1. The molecule has 0 heterocycles. The van der Waals surface area contributed by atoms with Gasteiger partial charge in [0.25, 0.3) is 0 Å². The highest BCUT2D eigenvalue weighted by atomic mass is 31.2. The topological polar surface area (TPSA) is 107 Å². The van der Waals surface area contributed by atoms with Gasteiger partial charge in [0.1, 0.15) is 5.75 Å². The van der Waals surface area contributed by atoms with Crippen molar-refractivity contribution in [2.24, 2.45) is 0 Å². The Kier molecular flexibility index (Phi) is 7.93. The molecule has 0 radical (unpaired) electrons. The van der Waals surface area contributed by atoms with E-state index in [-0.39, 0.29) is 19.0 Å². The van der Waals surface area contributed by atoms with Crippen molar-refractivity contribution in [2.75, 3.05) is 13.2 Å². The second-order valence-corrected chi connectivity index (χ2v) is 6.00. The molecule has 1 aromatic carbocycles. The molecule has 120 valence electrons. The van der Waals surface area contributed by atoms with E-state index >= 15 is 0 Å². The lowest BCUT2D eigenvalue weighted by molar-refractivity contribution is 0.278. The van der Waals surface area contributed by atoms with Crippen LogP contribution in [0.5, 0.6) is 5.75 Å². The predicted octanol–water partition coefficient (Wildman–Crippen LogP) is 1.79. The number of rotatable bonds is 10. The minimum absolute atomic E-state index is 0.0847. The molecule has 0 aromatic heterocycles. The first-order valence-electron chi connectivity index (χ1n) is 7.05. The lowest BCUT2D eigenvalue weighted by Gasteiger charge is -2.16. The van der Waals surface area contributed by atoms with Crippen molar-refractivity contribution in [1.29, 1.82) is 0 Å². The van der Waals surface area contributed by atoms with E-state index in [1.807, 2.05) is 6.07 Å². The Morgan fingerprint density at radius 2 is 1.57 bits per heavy atom. The normalized spacial score (nSPS) is 11.6. The van der Waals surface area contributed by atoms with Crippen LogP contribution in [-0.2, 0) is 17.4 Å².